The lowest BCUT2D eigenvalue weighted by Crippen LogP contribution is -2.11. The Bertz CT molecular complexity index is 1380. The van der Waals surface area contributed by atoms with Crippen molar-refractivity contribution in [3.8, 4) is 5.75 Å². The zero-order chi connectivity index (χ0) is 24.5. The van der Waals surface area contributed by atoms with Gasteiger partial charge in [0, 0.05) is 5.56 Å². The van der Waals surface area contributed by atoms with Gasteiger partial charge in [-0.2, -0.15) is 8.42 Å². The topological polar surface area (TPSA) is 82.0 Å². The van der Waals surface area contributed by atoms with Crippen molar-refractivity contribution in [3.63, 3.8) is 0 Å². The summed E-state index contributed by atoms with van der Waals surface area (Å²) < 4.78 is 48.1. The molecule has 0 bridgehead atoms. The van der Waals surface area contributed by atoms with Crippen molar-refractivity contribution in [1.82, 2.24) is 0 Å². The van der Waals surface area contributed by atoms with E-state index in [9.17, 15) is 17.6 Å². The highest BCUT2D eigenvalue weighted by molar-refractivity contribution is 7.87. The second-order valence-corrected chi connectivity index (χ2v) is 10.3. The molecule has 0 atom stereocenters. The van der Waals surface area contributed by atoms with E-state index < -0.39 is 21.9 Å². The quantitative estimate of drug-likeness (QED) is 0.284. The van der Waals surface area contributed by atoms with Gasteiger partial charge in [0.15, 0.2) is 5.70 Å². The van der Waals surface area contributed by atoms with Crippen LogP contribution < -0.4 is 4.18 Å². The number of esters is 1. The lowest BCUT2D eigenvalue weighted by atomic mass is 9.87. The lowest BCUT2D eigenvalue weighted by Gasteiger charge is -2.18. The van der Waals surface area contributed by atoms with Crippen LogP contribution in [0.5, 0.6) is 5.75 Å². The number of aliphatic imine (C=N–C) groups is 1. The summed E-state index contributed by atoms with van der Waals surface area (Å²) in [5, 5.41) is 0. The summed E-state index contributed by atoms with van der Waals surface area (Å²) in [5.41, 5.74) is 2.58. The minimum absolute atomic E-state index is 0.00593. The molecule has 3 aromatic carbocycles. The fourth-order valence-electron chi connectivity index (χ4n) is 3.20. The van der Waals surface area contributed by atoms with Crippen LogP contribution in [0, 0.1) is 5.82 Å². The van der Waals surface area contributed by atoms with E-state index in [1.807, 2.05) is 24.3 Å². The van der Waals surface area contributed by atoms with Gasteiger partial charge >= 0.3 is 16.1 Å². The van der Waals surface area contributed by atoms with Crippen LogP contribution in [0.4, 0.5) is 4.39 Å². The molecule has 0 fully saturated rings. The summed E-state index contributed by atoms with van der Waals surface area (Å²) in [5.74, 6) is -0.825. The molecule has 174 valence electrons. The largest absolute Gasteiger partial charge is 0.402 e. The molecule has 0 aliphatic carbocycles. The highest BCUT2D eigenvalue weighted by atomic mass is 32.2. The Hall–Kier alpha value is -3.78. The normalized spacial score (nSPS) is 15.2. The van der Waals surface area contributed by atoms with Crippen LogP contribution in [0.2, 0.25) is 0 Å². The highest BCUT2D eigenvalue weighted by Crippen LogP contribution is 2.25. The first kappa shape index (κ1) is 23.4. The van der Waals surface area contributed by atoms with E-state index in [2.05, 4.69) is 25.8 Å². The van der Waals surface area contributed by atoms with Gasteiger partial charge in [0.25, 0.3) is 0 Å². The Morgan fingerprint density at radius 1 is 0.912 bits per heavy atom. The van der Waals surface area contributed by atoms with Crippen molar-refractivity contribution in [3.05, 3.63) is 101 Å². The van der Waals surface area contributed by atoms with E-state index in [0.717, 1.165) is 29.8 Å². The minimum Gasteiger partial charge on any atom is -0.402 e. The molecule has 0 saturated heterocycles. The van der Waals surface area contributed by atoms with Gasteiger partial charge in [0.1, 0.15) is 16.5 Å². The first-order chi connectivity index (χ1) is 16.0. The Balaban J connectivity index is 1.50. The SMILES string of the molecule is CC(C)(C)c1ccc(C2=N/C(=C/c3ccc(OS(=O)(=O)c4ccc(F)cc4)cc3)C(=O)O2)cc1. The molecule has 8 heteroatoms. The molecule has 0 aromatic heterocycles. The van der Waals surface area contributed by atoms with E-state index in [1.54, 1.807) is 12.1 Å². The van der Waals surface area contributed by atoms with Crippen molar-refractivity contribution < 1.29 is 26.5 Å². The molecule has 0 radical (unpaired) electrons. The molecule has 6 nitrogen and oxygen atoms in total. The van der Waals surface area contributed by atoms with Gasteiger partial charge < -0.3 is 8.92 Å². The van der Waals surface area contributed by atoms with Crippen LogP contribution in [0.1, 0.15) is 37.5 Å². The number of hydrogen-bond donors (Lipinski definition) is 0. The van der Waals surface area contributed by atoms with Crippen molar-refractivity contribution >= 4 is 28.1 Å². The van der Waals surface area contributed by atoms with Gasteiger partial charge in [-0.15, -0.1) is 0 Å². The number of rotatable bonds is 5. The molecule has 0 unspecified atom stereocenters. The predicted octanol–water partition coefficient (Wildman–Crippen LogP) is 5.24. The molecule has 34 heavy (non-hydrogen) atoms. The van der Waals surface area contributed by atoms with Gasteiger partial charge in [0.2, 0.25) is 5.90 Å². The number of carbonyl (C=O) groups excluding carboxylic acids is 1. The average molecular weight is 480 g/mol. The Labute approximate surface area is 197 Å². The number of nitrogens with zero attached hydrogens (tertiary/aromatic N) is 1. The monoisotopic (exact) mass is 479 g/mol. The average Bonchev–Trinajstić information content (AvgIpc) is 3.15. The van der Waals surface area contributed by atoms with Crippen LogP contribution in [0.25, 0.3) is 6.08 Å². The van der Waals surface area contributed by atoms with Gasteiger partial charge in [0.05, 0.1) is 0 Å². The van der Waals surface area contributed by atoms with E-state index in [-0.39, 0.29) is 27.7 Å². The standard InChI is InChI=1S/C26H22FNO5S/c1-26(2,3)19-8-6-18(7-9-19)24-28-23(25(29)32-24)16-17-4-12-21(13-5-17)33-34(30,31)22-14-10-20(27)11-15-22/h4-16H,1-3H3/b23-16+. The molecule has 1 aliphatic heterocycles. The van der Waals surface area contributed by atoms with Crippen LogP contribution in [-0.4, -0.2) is 20.3 Å². The third-order valence-electron chi connectivity index (χ3n) is 5.11. The number of carbonyl (C=O) groups is 1. The number of benzene rings is 3. The highest BCUT2D eigenvalue weighted by Gasteiger charge is 2.25. The minimum atomic E-state index is -4.10. The van der Waals surface area contributed by atoms with Crippen molar-refractivity contribution in [1.29, 1.82) is 0 Å². The van der Waals surface area contributed by atoms with Gasteiger partial charge in [-0.25, -0.2) is 14.2 Å². The molecule has 0 spiro atoms. The Morgan fingerprint density at radius 2 is 1.53 bits per heavy atom. The number of halogens is 1. The van der Waals surface area contributed by atoms with Crippen LogP contribution >= 0.6 is 0 Å². The maximum absolute atomic E-state index is 13.0. The van der Waals surface area contributed by atoms with Crippen LogP contribution in [0.3, 0.4) is 0 Å². The van der Waals surface area contributed by atoms with Crippen molar-refractivity contribution in [2.45, 2.75) is 31.1 Å². The van der Waals surface area contributed by atoms with Gasteiger partial charge in [-0.1, -0.05) is 45.0 Å². The van der Waals surface area contributed by atoms with Crippen LogP contribution in [-0.2, 0) is 25.1 Å². The Kier molecular flexibility index (Phi) is 6.10. The summed E-state index contributed by atoms with van der Waals surface area (Å²) in [6.07, 6.45) is 1.54. The molecule has 4 rings (SSSR count). The van der Waals surface area contributed by atoms with Crippen molar-refractivity contribution in [2.75, 3.05) is 0 Å². The molecular weight excluding hydrogens is 457 g/mol. The third-order valence-corrected chi connectivity index (χ3v) is 6.37. The molecule has 0 saturated carbocycles. The van der Waals surface area contributed by atoms with E-state index in [1.165, 1.54) is 18.2 Å². The zero-order valence-corrected chi connectivity index (χ0v) is 19.6. The summed E-state index contributed by atoms with van der Waals surface area (Å²) in [6, 6.07) is 18.1. The van der Waals surface area contributed by atoms with E-state index in [0.29, 0.717) is 11.1 Å². The third kappa shape index (κ3) is 5.23. The molecule has 1 aliphatic rings. The van der Waals surface area contributed by atoms with Crippen LogP contribution in [0.15, 0.2) is 88.4 Å². The first-order valence-electron chi connectivity index (χ1n) is 10.4. The number of cyclic esters (lactones) is 1. The fraction of sp³-hybridized carbons (Fsp3) is 0.154. The predicted molar refractivity (Wildman–Crippen MR) is 126 cm³/mol. The summed E-state index contributed by atoms with van der Waals surface area (Å²) >= 11 is 0. The summed E-state index contributed by atoms with van der Waals surface area (Å²) in [4.78, 5) is 16.4. The summed E-state index contributed by atoms with van der Waals surface area (Å²) in [7, 11) is -4.10. The molecule has 0 N–H and O–H groups in total. The molecule has 0 amide bonds. The van der Waals surface area contributed by atoms with Gasteiger partial charge in [-0.05, 0) is 71.1 Å². The molecule has 3 aromatic rings. The maximum Gasteiger partial charge on any atom is 0.363 e. The second kappa shape index (κ2) is 8.87. The van der Waals surface area contributed by atoms with Crippen molar-refractivity contribution in [2.24, 2.45) is 4.99 Å². The van der Waals surface area contributed by atoms with E-state index in [4.69, 9.17) is 8.92 Å². The zero-order valence-electron chi connectivity index (χ0n) is 18.8. The summed E-state index contributed by atoms with van der Waals surface area (Å²) in [6.45, 7) is 6.35. The first-order valence-corrected chi connectivity index (χ1v) is 11.9. The smallest absolute Gasteiger partial charge is 0.363 e. The molecular formula is C26H22FNO5S. The lowest BCUT2D eigenvalue weighted by molar-refractivity contribution is -0.129. The molecule has 1 heterocycles. The number of ether oxygens (including phenoxy) is 1. The fourth-order valence-corrected chi connectivity index (χ4v) is 4.13. The maximum atomic E-state index is 13.0. The van der Waals surface area contributed by atoms with E-state index >= 15 is 0 Å². The van der Waals surface area contributed by atoms with Gasteiger partial charge in [-0.3, -0.25) is 0 Å². The second-order valence-electron chi connectivity index (χ2n) is 8.72. The number of hydrogen-bond acceptors (Lipinski definition) is 6. The Morgan fingerprint density at radius 3 is 2.12 bits per heavy atom.